The molecule has 2 saturated heterocycles. The van der Waals surface area contributed by atoms with Crippen molar-refractivity contribution in [2.24, 2.45) is 15.3 Å². The Hall–Kier alpha value is -2.51. The molecular weight excluding hydrogens is 552 g/mol. The van der Waals surface area contributed by atoms with Crippen molar-refractivity contribution < 1.29 is 49.6 Å². The lowest BCUT2D eigenvalue weighted by molar-refractivity contribution is -0.315. The number of azide groups is 3. The molecule has 2 heterocycles. The van der Waals surface area contributed by atoms with Gasteiger partial charge in [0, 0.05) is 20.8 Å². The zero-order valence-corrected chi connectivity index (χ0v) is 22.3. The lowest BCUT2D eigenvalue weighted by atomic mass is 9.83. The SMILES string of the molecule is CCCN[C@@H]1CC(N=[N+]=[N-])[C@@H](O[C@H]2OC([C@@H](C)O)[C@@H](O)[C@H](O)C2N=[N+]=[N-])C(OC2O[C@H](CN=[N+]=[N-])C(O)C2O)[C@@H]1O. The molecule has 0 spiro atoms. The summed E-state index contributed by atoms with van der Waals surface area (Å²) in [7, 11) is 0. The number of aliphatic hydroxyl groups excluding tert-OH is 6. The summed E-state index contributed by atoms with van der Waals surface area (Å²) in [5.74, 6) is 0. The zero-order valence-electron chi connectivity index (χ0n) is 22.3. The first-order chi connectivity index (χ1) is 19.6. The van der Waals surface area contributed by atoms with Crippen LogP contribution in [0.5, 0.6) is 0 Å². The molecule has 41 heavy (non-hydrogen) atoms. The number of nitrogens with zero attached hydrogens (tertiary/aromatic N) is 9. The maximum atomic E-state index is 11.3. The van der Waals surface area contributed by atoms with Gasteiger partial charge in [-0.25, -0.2) is 0 Å². The Morgan fingerprint density at radius 1 is 0.878 bits per heavy atom. The number of aliphatic hydroxyl groups is 6. The monoisotopic (exact) mass is 588 g/mol. The van der Waals surface area contributed by atoms with Gasteiger partial charge in [-0.05, 0) is 42.9 Å². The van der Waals surface area contributed by atoms with Crippen LogP contribution in [0.25, 0.3) is 31.3 Å². The van der Waals surface area contributed by atoms with Crippen molar-refractivity contribution in [2.75, 3.05) is 13.1 Å². The lowest BCUT2D eigenvalue weighted by Gasteiger charge is -2.48. The van der Waals surface area contributed by atoms with Crippen LogP contribution in [0.3, 0.4) is 0 Å². The smallest absolute Gasteiger partial charge is 0.187 e. The van der Waals surface area contributed by atoms with Crippen molar-refractivity contribution in [1.29, 1.82) is 0 Å². The molecule has 0 radical (unpaired) electrons. The van der Waals surface area contributed by atoms with Crippen LogP contribution in [-0.4, -0.2) is 135 Å². The Balaban J connectivity index is 1.97. The maximum absolute atomic E-state index is 11.3. The molecule has 230 valence electrons. The quantitative estimate of drug-likeness (QED) is 0.0809. The van der Waals surface area contributed by atoms with Crippen LogP contribution in [-0.2, 0) is 18.9 Å². The molecule has 3 rings (SSSR count). The van der Waals surface area contributed by atoms with Gasteiger partial charge < -0.3 is 54.9 Å². The van der Waals surface area contributed by atoms with Crippen molar-refractivity contribution >= 4 is 0 Å². The van der Waals surface area contributed by atoms with Crippen LogP contribution in [0.1, 0.15) is 26.7 Å². The fourth-order valence-corrected chi connectivity index (χ4v) is 5.19. The summed E-state index contributed by atoms with van der Waals surface area (Å²) < 4.78 is 23.2. The summed E-state index contributed by atoms with van der Waals surface area (Å²) >= 11 is 0. The van der Waals surface area contributed by atoms with Crippen LogP contribution in [0, 0.1) is 0 Å². The van der Waals surface area contributed by atoms with E-state index in [9.17, 15) is 36.2 Å². The molecule has 3 aliphatic rings. The molecule has 1 saturated carbocycles. The van der Waals surface area contributed by atoms with E-state index in [2.05, 4.69) is 35.4 Å². The highest BCUT2D eigenvalue weighted by Gasteiger charge is 2.53. The largest absolute Gasteiger partial charge is 0.391 e. The average molecular weight is 589 g/mol. The summed E-state index contributed by atoms with van der Waals surface area (Å²) in [5.41, 5.74) is 27.0. The van der Waals surface area contributed by atoms with Crippen molar-refractivity contribution in [1.82, 2.24) is 5.32 Å². The highest BCUT2D eigenvalue weighted by molar-refractivity contribution is 5.04. The van der Waals surface area contributed by atoms with Gasteiger partial charge in [0.1, 0.15) is 36.6 Å². The molecule has 2 aliphatic heterocycles. The highest BCUT2D eigenvalue weighted by atomic mass is 16.7. The fraction of sp³-hybridized carbons (Fsp3) is 1.00. The van der Waals surface area contributed by atoms with Gasteiger partial charge >= 0.3 is 0 Å². The minimum absolute atomic E-state index is 0.0376. The first-order valence-corrected chi connectivity index (χ1v) is 13.1. The number of rotatable bonds is 12. The minimum atomic E-state index is -1.73. The summed E-state index contributed by atoms with van der Waals surface area (Å²) in [6.45, 7) is 3.35. The number of hydrogen-bond donors (Lipinski definition) is 7. The number of ether oxygens (including phenoxy) is 4. The second-order valence-electron chi connectivity index (χ2n) is 10.1. The van der Waals surface area contributed by atoms with Gasteiger partial charge in [-0.2, -0.15) is 0 Å². The molecule has 0 amide bonds. The lowest BCUT2D eigenvalue weighted by Crippen LogP contribution is -2.65. The molecule has 3 fully saturated rings. The van der Waals surface area contributed by atoms with E-state index in [0.717, 1.165) is 0 Å². The van der Waals surface area contributed by atoms with Gasteiger partial charge in [-0.1, -0.05) is 22.3 Å². The minimum Gasteiger partial charge on any atom is -0.391 e. The van der Waals surface area contributed by atoms with Gasteiger partial charge in [-0.15, -0.1) is 0 Å². The van der Waals surface area contributed by atoms with Crippen molar-refractivity contribution in [3.05, 3.63) is 31.3 Å². The summed E-state index contributed by atoms with van der Waals surface area (Å²) in [5, 5.41) is 77.1. The van der Waals surface area contributed by atoms with E-state index in [1.54, 1.807) is 0 Å². The Morgan fingerprint density at radius 2 is 1.56 bits per heavy atom. The van der Waals surface area contributed by atoms with E-state index in [1.807, 2.05) is 6.92 Å². The van der Waals surface area contributed by atoms with Crippen LogP contribution < -0.4 is 5.32 Å². The van der Waals surface area contributed by atoms with Gasteiger partial charge in [0.15, 0.2) is 12.6 Å². The third kappa shape index (κ3) is 7.47. The van der Waals surface area contributed by atoms with E-state index < -0.39 is 91.7 Å². The van der Waals surface area contributed by atoms with Crippen LogP contribution in [0.4, 0.5) is 0 Å². The van der Waals surface area contributed by atoms with Crippen molar-refractivity contribution in [3.63, 3.8) is 0 Å². The van der Waals surface area contributed by atoms with Crippen molar-refractivity contribution in [2.45, 2.75) is 118 Å². The molecule has 0 aromatic heterocycles. The Labute approximate surface area is 233 Å². The van der Waals surface area contributed by atoms with E-state index >= 15 is 0 Å². The normalized spacial score (nSPS) is 43.3. The third-order valence-electron chi connectivity index (χ3n) is 7.30. The molecule has 15 atom stereocenters. The topological polar surface area (TPSA) is 317 Å². The molecule has 0 aromatic carbocycles. The third-order valence-corrected chi connectivity index (χ3v) is 7.30. The zero-order chi connectivity index (χ0) is 30.3. The molecule has 0 bridgehead atoms. The van der Waals surface area contributed by atoms with E-state index in [0.29, 0.717) is 13.0 Å². The molecule has 1 aliphatic carbocycles. The standard InChI is InChI=1S/C21H36N10O10/c1-3-4-25-8-5-9(27-30-23)18(40-20-11(28-31-24)14(35)15(36)17(39-20)7(2)32)19(12(8)33)41-21-16(37)13(34)10(38-21)6-26-29-22/h7-21,25,32-37H,3-6H2,1-2H3/t7-,8-,9?,10-,11?,12-,13?,14-,15+,16?,17?,18-,19?,20-,21?/m1/s1. The molecule has 20 heteroatoms. The first kappa shape index (κ1) is 33.0. The summed E-state index contributed by atoms with van der Waals surface area (Å²) in [4.78, 5) is 8.14. The first-order valence-electron chi connectivity index (χ1n) is 13.1. The number of hydrogen-bond acceptors (Lipinski definition) is 14. The fourth-order valence-electron chi connectivity index (χ4n) is 5.19. The highest BCUT2D eigenvalue weighted by Crippen LogP contribution is 2.35. The van der Waals surface area contributed by atoms with Gasteiger partial charge in [0.05, 0.1) is 43.1 Å². The van der Waals surface area contributed by atoms with E-state index in [-0.39, 0.29) is 13.0 Å². The number of nitrogens with one attached hydrogen (secondary N) is 1. The van der Waals surface area contributed by atoms with Gasteiger partial charge in [0.25, 0.3) is 0 Å². The molecule has 20 nitrogen and oxygen atoms in total. The Morgan fingerprint density at radius 3 is 2.17 bits per heavy atom. The van der Waals surface area contributed by atoms with Gasteiger partial charge in [-0.3, -0.25) is 0 Å². The molecule has 7 unspecified atom stereocenters. The predicted molar refractivity (Wildman–Crippen MR) is 135 cm³/mol. The van der Waals surface area contributed by atoms with Crippen LogP contribution >= 0.6 is 0 Å². The molecule has 0 aromatic rings. The second-order valence-corrected chi connectivity index (χ2v) is 10.1. The van der Waals surface area contributed by atoms with Crippen LogP contribution in [0.2, 0.25) is 0 Å². The van der Waals surface area contributed by atoms with Gasteiger partial charge in [0.2, 0.25) is 0 Å². The summed E-state index contributed by atoms with van der Waals surface area (Å²) in [6.07, 6.45) is -17.0. The molecule has 7 N–H and O–H groups in total. The second kappa shape index (κ2) is 15.1. The van der Waals surface area contributed by atoms with E-state index in [4.69, 9.17) is 30.0 Å². The average Bonchev–Trinajstić information content (AvgIpc) is 3.21. The maximum Gasteiger partial charge on any atom is 0.187 e. The summed E-state index contributed by atoms with van der Waals surface area (Å²) in [6, 6.07) is -3.29. The van der Waals surface area contributed by atoms with Crippen molar-refractivity contribution in [3.8, 4) is 0 Å². The Kier molecular flexibility index (Phi) is 12.2. The van der Waals surface area contributed by atoms with Crippen LogP contribution in [0.15, 0.2) is 15.3 Å². The predicted octanol–water partition coefficient (Wildman–Crippen LogP) is -1.17. The molecular formula is C21H36N10O10. The van der Waals surface area contributed by atoms with E-state index in [1.165, 1.54) is 6.92 Å². The Bertz CT molecular complexity index is 1010.